The van der Waals surface area contributed by atoms with Gasteiger partial charge in [-0.25, -0.2) is 8.78 Å². The van der Waals surface area contributed by atoms with Crippen LogP contribution < -0.4 is 10.5 Å². The third-order valence-electron chi connectivity index (χ3n) is 7.36. The minimum absolute atomic E-state index is 0.0127. The third-order valence-corrected chi connectivity index (χ3v) is 8.52. The molecular weight excluding hydrogens is 519 g/mol. The van der Waals surface area contributed by atoms with Gasteiger partial charge >= 0.3 is 6.18 Å². The van der Waals surface area contributed by atoms with Crippen LogP contribution >= 0.6 is 11.3 Å². The van der Waals surface area contributed by atoms with Crippen molar-refractivity contribution in [2.75, 3.05) is 31.1 Å². The zero-order valence-corrected chi connectivity index (χ0v) is 20.3. The predicted octanol–water partition coefficient (Wildman–Crippen LogP) is 5.53. The van der Waals surface area contributed by atoms with Gasteiger partial charge in [0.2, 0.25) is 0 Å². The number of hydrogen-bond acceptors (Lipinski definition) is 7. The van der Waals surface area contributed by atoms with Crippen molar-refractivity contribution in [3.8, 4) is 0 Å². The van der Waals surface area contributed by atoms with Crippen molar-refractivity contribution in [2.24, 2.45) is 5.41 Å². The van der Waals surface area contributed by atoms with E-state index in [4.69, 9.17) is 0 Å². The Morgan fingerprint density at radius 2 is 1.78 bits per heavy atom. The maximum absolute atomic E-state index is 13.6. The minimum atomic E-state index is -4.84. The van der Waals surface area contributed by atoms with Crippen LogP contribution in [0, 0.1) is 27.2 Å². The van der Waals surface area contributed by atoms with Gasteiger partial charge in [0.15, 0.2) is 16.8 Å². The van der Waals surface area contributed by atoms with E-state index in [2.05, 4.69) is 9.88 Å². The number of fused-ring (bicyclic) bond motifs is 1. The Kier molecular flexibility index (Phi) is 6.18. The molecule has 3 heterocycles. The molecule has 2 aliphatic heterocycles. The summed E-state index contributed by atoms with van der Waals surface area (Å²) in [5.74, 6) is -1.77. The Morgan fingerprint density at radius 1 is 1.11 bits per heavy atom. The van der Waals surface area contributed by atoms with Crippen LogP contribution in [0.1, 0.15) is 36.9 Å². The number of halogens is 5. The number of alkyl halides is 3. The van der Waals surface area contributed by atoms with Crippen molar-refractivity contribution in [2.45, 2.75) is 32.0 Å². The molecule has 5 rings (SSSR count). The normalized spacial score (nSPS) is 18.7. The number of piperidine rings is 1. The molecule has 2 aromatic carbocycles. The van der Waals surface area contributed by atoms with Gasteiger partial charge in [-0.15, -0.1) is 0 Å². The molecule has 3 aromatic rings. The molecule has 1 spiro atoms. The maximum atomic E-state index is 13.6. The van der Waals surface area contributed by atoms with E-state index in [-0.39, 0.29) is 21.3 Å². The highest BCUT2D eigenvalue weighted by molar-refractivity contribution is 7.22. The van der Waals surface area contributed by atoms with Crippen LogP contribution in [0.2, 0.25) is 0 Å². The molecule has 2 aliphatic rings. The van der Waals surface area contributed by atoms with E-state index in [1.807, 2.05) is 11.8 Å². The summed E-state index contributed by atoms with van der Waals surface area (Å²) < 4.78 is 66.3. The van der Waals surface area contributed by atoms with Crippen molar-refractivity contribution in [1.29, 1.82) is 0 Å². The summed E-state index contributed by atoms with van der Waals surface area (Å²) in [4.78, 5) is 31.2. The molecule has 2 fully saturated rings. The van der Waals surface area contributed by atoms with Crippen molar-refractivity contribution >= 4 is 32.2 Å². The first-order chi connectivity index (χ1) is 17.4. The van der Waals surface area contributed by atoms with Crippen molar-refractivity contribution in [1.82, 2.24) is 9.88 Å². The van der Waals surface area contributed by atoms with E-state index in [1.165, 1.54) is 6.07 Å². The molecule has 37 heavy (non-hydrogen) atoms. The molecule has 0 radical (unpaired) electrons. The van der Waals surface area contributed by atoms with Crippen molar-refractivity contribution in [3.05, 3.63) is 73.6 Å². The molecule has 1 unspecified atom stereocenters. The Hall–Kier alpha value is -3.19. The molecule has 1 atom stereocenters. The first kappa shape index (κ1) is 25.5. The average molecular weight is 541 g/mol. The summed E-state index contributed by atoms with van der Waals surface area (Å²) in [5, 5.41) is 11.3. The largest absolute Gasteiger partial charge is 0.416 e. The van der Waals surface area contributed by atoms with Gasteiger partial charge in [-0.1, -0.05) is 17.4 Å². The van der Waals surface area contributed by atoms with Gasteiger partial charge in [-0.05, 0) is 48.9 Å². The zero-order valence-electron chi connectivity index (χ0n) is 19.5. The molecule has 196 valence electrons. The van der Waals surface area contributed by atoms with E-state index in [0.717, 1.165) is 43.3 Å². The third kappa shape index (κ3) is 4.65. The number of likely N-dealkylation sites (tertiary alicyclic amines) is 1. The summed E-state index contributed by atoms with van der Waals surface area (Å²) in [7, 11) is 0. The molecule has 0 amide bonds. The quantitative estimate of drug-likeness (QED) is 0.246. The lowest BCUT2D eigenvalue weighted by Crippen LogP contribution is -2.60. The van der Waals surface area contributed by atoms with E-state index in [9.17, 15) is 36.9 Å². The van der Waals surface area contributed by atoms with Crippen LogP contribution in [0.15, 0.2) is 35.1 Å². The van der Waals surface area contributed by atoms with E-state index >= 15 is 0 Å². The topological polar surface area (TPSA) is 79.6 Å². The number of benzene rings is 2. The Balaban J connectivity index is 1.32. The number of aromatic nitrogens is 1. The molecule has 0 saturated carbocycles. The van der Waals surface area contributed by atoms with Crippen LogP contribution in [0.3, 0.4) is 0 Å². The van der Waals surface area contributed by atoms with E-state index in [1.54, 1.807) is 6.07 Å². The van der Waals surface area contributed by atoms with E-state index < -0.39 is 44.9 Å². The lowest BCUT2D eigenvalue weighted by molar-refractivity contribution is -0.383. The second-order valence-electron chi connectivity index (χ2n) is 9.67. The second kappa shape index (κ2) is 8.98. The zero-order chi connectivity index (χ0) is 26.7. The molecule has 0 aliphatic carbocycles. The molecule has 0 N–H and O–H groups in total. The number of nitro benzene ring substituents is 1. The van der Waals surface area contributed by atoms with Crippen LogP contribution in [0.5, 0.6) is 0 Å². The molecule has 13 heteroatoms. The summed E-state index contributed by atoms with van der Waals surface area (Å²) in [6, 6.07) is 4.86. The summed E-state index contributed by atoms with van der Waals surface area (Å²) in [6.45, 7) is 4.50. The number of hydrogen-bond donors (Lipinski definition) is 0. The standard InChI is InChI=1S/C24H21F5N4O3S/c1-13(14-2-3-17(25)18(26)8-14)32-11-23(12-32)4-6-31(7-5-23)22-30-21(34)16-9-15(24(27,28)29)10-19(33(35)36)20(16)37-22/h2-3,8-10,13H,4-7,11-12H2,1H3. The molecule has 7 nitrogen and oxygen atoms in total. The number of non-ortho nitro benzene ring substituents is 1. The summed E-state index contributed by atoms with van der Waals surface area (Å²) >= 11 is 0.842. The first-order valence-corrected chi connectivity index (χ1v) is 12.3. The highest BCUT2D eigenvalue weighted by Gasteiger charge is 2.46. The van der Waals surface area contributed by atoms with Crippen LogP contribution in [-0.2, 0) is 6.18 Å². The lowest BCUT2D eigenvalue weighted by Gasteiger charge is -2.56. The fourth-order valence-electron chi connectivity index (χ4n) is 5.14. The SMILES string of the molecule is CC(c1ccc(F)c(F)c1)N1CC2(CCN(c3nc(=O)c4cc(C(F)(F)F)cc([N+](=O)[O-])c4s3)CC2)C1. The van der Waals surface area contributed by atoms with Crippen LogP contribution in [0.4, 0.5) is 32.8 Å². The first-order valence-electron chi connectivity index (χ1n) is 11.5. The Morgan fingerprint density at radius 3 is 2.38 bits per heavy atom. The van der Waals surface area contributed by atoms with Crippen LogP contribution in [0.25, 0.3) is 10.1 Å². The predicted molar refractivity (Wildman–Crippen MR) is 128 cm³/mol. The fourth-order valence-corrected chi connectivity index (χ4v) is 6.25. The minimum Gasteiger partial charge on any atom is -0.348 e. The van der Waals surface area contributed by atoms with Crippen LogP contribution in [-0.4, -0.2) is 41.0 Å². The molecule has 1 aromatic heterocycles. The number of anilines is 1. The van der Waals surface area contributed by atoms with Gasteiger partial charge in [0.25, 0.3) is 11.2 Å². The van der Waals surface area contributed by atoms with Gasteiger partial charge in [-0.2, -0.15) is 18.2 Å². The van der Waals surface area contributed by atoms with Crippen molar-refractivity contribution < 1.29 is 26.9 Å². The average Bonchev–Trinajstić information content (AvgIpc) is 2.82. The van der Waals surface area contributed by atoms with Gasteiger partial charge < -0.3 is 4.90 Å². The second-order valence-corrected chi connectivity index (χ2v) is 10.6. The highest BCUT2D eigenvalue weighted by Crippen LogP contribution is 2.45. The maximum Gasteiger partial charge on any atom is 0.416 e. The Bertz CT molecular complexity index is 1440. The summed E-state index contributed by atoms with van der Waals surface area (Å²) in [5.41, 5.74) is -2.28. The molecule has 2 saturated heterocycles. The van der Waals surface area contributed by atoms with Crippen molar-refractivity contribution in [3.63, 3.8) is 0 Å². The number of nitro groups is 1. The Labute approximate surface area is 211 Å². The van der Waals surface area contributed by atoms with Gasteiger partial charge in [0, 0.05) is 38.3 Å². The summed E-state index contributed by atoms with van der Waals surface area (Å²) in [6.07, 6.45) is -3.33. The van der Waals surface area contributed by atoms with Gasteiger partial charge in [0.05, 0.1) is 15.9 Å². The van der Waals surface area contributed by atoms with Gasteiger partial charge in [0.1, 0.15) is 4.70 Å². The fraction of sp³-hybridized carbons (Fsp3) is 0.417. The van der Waals surface area contributed by atoms with Gasteiger partial charge in [-0.3, -0.25) is 19.8 Å². The monoisotopic (exact) mass is 540 g/mol. The smallest absolute Gasteiger partial charge is 0.348 e. The number of rotatable bonds is 4. The highest BCUT2D eigenvalue weighted by atomic mass is 32.1. The van der Waals surface area contributed by atoms with E-state index in [0.29, 0.717) is 30.8 Å². The molecular formula is C24H21F5N4O3S. The number of nitrogens with zero attached hydrogens (tertiary/aromatic N) is 4. The molecule has 0 bridgehead atoms. The lowest BCUT2D eigenvalue weighted by atomic mass is 9.71.